The summed E-state index contributed by atoms with van der Waals surface area (Å²) in [5.41, 5.74) is 3.70. The zero-order valence-electron chi connectivity index (χ0n) is 9.49. The Morgan fingerprint density at radius 3 is 2.75 bits per heavy atom. The van der Waals surface area contributed by atoms with Crippen LogP contribution in [-0.2, 0) is 6.54 Å². The van der Waals surface area contributed by atoms with Gasteiger partial charge in [0.1, 0.15) is 5.75 Å². The van der Waals surface area contributed by atoms with E-state index in [9.17, 15) is 0 Å². The van der Waals surface area contributed by atoms with Gasteiger partial charge in [-0.25, -0.2) is 0 Å². The highest BCUT2D eigenvalue weighted by molar-refractivity contribution is 7.08. The molecule has 3 heteroatoms. The van der Waals surface area contributed by atoms with Gasteiger partial charge in [-0.2, -0.15) is 11.3 Å². The first-order valence-corrected chi connectivity index (χ1v) is 6.13. The molecule has 16 heavy (non-hydrogen) atoms. The van der Waals surface area contributed by atoms with Crippen LogP contribution in [0.2, 0.25) is 0 Å². The number of ether oxygens (including phenoxy) is 1. The van der Waals surface area contributed by atoms with E-state index in [2.05, 4.69) is 34.3 Å². The number of thiophene rings is 1. The van der Waals surface area contributed by atoms with Crippen LogP contribution in [0.1, 0.15) is 5.56 Å². The van der Waals surface area contributed by atoms with Crippen LogP contribution >= 0.6 is 11.3 Å². The topological polar surface area (TPSA) is 21.3 Å². The van der Waals surface area contributed by atoms with Gasteiger partial charge in [-0.3, -0.25) is 0 Å². The van der Waals surface area contributed by atoms with Gasteiger partial charge >= 0.3 is 0 Å². The van der Waals surface area contributed by atoms with Crippen LogP contribution in [0.15, 0.2) is 35.0 Å². The van der Waals surface area contributed by atoms with Gasteiger partial charge in [-0.1, -0.05) is 6.07 Å². The fourth-order valence-electron chi connectivity index (χ4n) is 1.72. The van der Waals surface area contributed by atoms with E-state index in [4.69, 9.17) is 4.74 Å². The molecule has 1 aromatic heterocycles. The molecule has 0 unspecified atom stereocenters. The fourth-order valence-corrected chi connectivity index (χ4v) is 2.38. The number of benzene rings is 1. The molecule has 0 fully saturated rings. The molecule has 0 spiro atoms. The maximum Gasteiger partial charge on any atom is 0.123 e. The van der Waals surface area contributed by atoms with Gasteiger partial charge in [0.05, 0.1) is 7.11 Å². The molecule has 0 saturated heterocycles. The Bertz CT molecular complexity index is 451. The lowest BCUT2D eigenvalue weighted by molar-refractivity contribution is 0.408. The summed E-state index contributed by atoms with van der Waals surface area (Å²) in [5.74, 6) is 0.938. The van der Waals surface area contributed by atoms with E-state index >= 15 is 0 Å². The second-order valence-corrected chi connectivity index (χ2v) is 4.35. The zero-order valence-corrected chi connectivity index (χ0v) is 10.3. The molecular weight excluding hydrogens is 218 g/mol. The van der Waals surface area contributed by atoms with E-state index in [1.54, 1.807) is 18.4 Å². The maximum atomic E-state index is 5.33. The SMILES string of the molecule is CNCc1cc(-c2ccsc2)ccc1OC. The summed E-state index contributed by atoms with van der Waals surface area (Å²) in [5, 5.41) is 7.41. The molecule has 0 saturated carbocycles. The molecule has 84 valence electrons. The highest BCUT2D eigenvalue weighted by Gasteiger charge is 2.05. The average Bonchev–Trinajstić information content (AvgIpc) is 2.83. The molecular formula is C13H15NOS. The number of hydrogen-bond acceptors (Lipinski definition) is 3. The van der Waals surface area contributed by atoms with Crippen molar-refractivity contribution < 1.29 is 4.74 Å². The minimum Gasteiger partial charge on any atom is -0.496 e. The van der Waals surface area contributed by atoms with Crippen molar-refractivity contribution in [3.8, 4) is 16.9 Å². The molecule has 2 aromatic rings. The summed E-state index contributed by atoms with van der Waals surface area (Å²) in [6.45, 7) is 0.821. The largest absolute Gasteiger partial charge is 0.496 e. The summed E-state index contributed by atoms with van der Waals surface area (Å²) >= 11 is 1.72. The highest BCUT2D eigenvalue weighted by atomic mass is 32.1. The van der Waals surface area contributed by atoms with Gasteiger partial charge in [-0.05, 0) is 47.1 Å². The van der Waals surface area contributed by atoms with Crippen molar-refractivity contribution in [2.45, 2.75) is 6.54 Å². The van der Waals surface area contributed by atoms with Gasteiger partial charge in [0, 0.05) is 12.1 Å². The normalized spacial score (nSPS) is 10.4. The summed E-state index contributed by atoms with van der Waals surface area (Å²) in [6.07, 6.45) is 0. The van der Waals surface area contributed by atoms with E-state index in [1.807, 2.05) is 13.1 Å². The van der Waals surface area contributed by atoms with Crippen LogP contribution in [0.3, 0.4) is 0 Å². The average molecular weight is 233 g/mol. The first-order valence-electron chi connectivity index (χ1n) is 5.19. The van der Waals surface area contributed by atoms with E-state index in [0.29, 0.717) is 0 Å². The maximum absolute atomic E-state index is 5.33. The van der Waals surface area contributed by atoms with Crippen molar-refractivity contribution >= 4 is 11.3 Å². The van der Waals surface area contributed by atoms with E-state index in [-0.39, 0.29) is 0 Å². The number of methoxy groups -OCH3 is 1. The molecule has 1 aromatic carbocycles. The third-order valence-electron chi connectivity index (χ3n) is 2.50. The van der Waals surface area contributed by atoms with E-state index in [0.717, 1.165) is 12.3 Å². The summed E-state index contributed by atoms with van der Waals surface area (Å²) < 4.78 is 5.33. The lowest BCUT2D eigenvalue weighted by Crippen LogP contribution is -2.06. The van der Waals surface area contributed by atoms with E-state index < -0.39 is 0 Å². The van der Waals surface area contributed by atoms with Crippen molar-refractivity contribution in [1.82, 2.24) is 5.32 Å². The molecule has 0 atom stereocenters. The molecule has 0 radical (unpaired) electrons. The molecule has 2 rings (SSSR count). The Kier molecular flexibility index (Phi) is 3.59. The second kappa shape index (κ2) is 5.14. The van der Waals surface area contributed by atoms with Crippen LogP contribution in [0.5, 0.6) is 5.75 Å². The third-order valence-corrected chi connectivity index (χ3v) is 3.19. The summed E-state index contributed by atoms with van der Waals surface area (Å²) in [6, 6.07) is 8.44. The summed E-state index contributed by atoms with van der Waals surface area (Å²) in [7, 11) is 3.65. The Labute approximate surface area is 99.9 Å². The van der Waals surface area contributed by atoms with Crippen molar-refractivity contribution in [1.29, 1.82) is 0 Å². The molecule has 1 N–H and O–H groups in total. The van der Waals surface area contributed by atoms with Crippen molar-refractivity contribution in [3.05, 3.63) is 40.6 Å². The second-order valence-electron chi connectivity index (χ2n) is 3.57. The lowest BCUT2D eigenvalue weighted by Gasteiger charge is -2.09. The van der Waals surface area contributed by atoms with Crippen LogP contribution in [-0.4, -0.2) is 14.2 Å². The van der Waals surface area contributed by atoms with Gasteiger partial charge < -0.3 is 10.1 Å². The number of nitrogens with one attached hydrogen (secondary N) is 1. The Balaban J connectivity index is 2.39. The highest BCUT2D eigenvalue weighted by Crippen LogP contribution is 2.27. The third kappa shape index (κ3) is 2.26. The predicted octanol–water partition coefficient (Wildman–Crippen LogP) is 3.14. The lowest BCUT2D eigenvalue weighted by atomic mass is 10.1. The molecule has 0 aliphatic carbocycles. The van der Waals surface area contributed by atoms with Crippen molar-refractivity contribution in [2.24, 2.45) is 0 Å². The van der Waals surface area contributed by atoms with Crippen molar-refractivity contribution in [2.75, 3.05) is 14.2 Å². The smallest absolute Gasteiger partial charge is 0.123 e. The van der Waals surface area contributed by atoms with Gasteiger partial charge in [0.2, 0.25) is 0 Å². The van der Waals surface area contributed by atoms with Gasteiger partial charge in [0.15, 0.2) is 0 Å². The van der Waals surface area contributed by atoms with Gasteiger partial charge in [0.25, 0.3) is 0 Å². The predicted molar refractivity (Wildman–Crippen MR) is 69.1 cm³/mol. The first-order chi connectivity index (χ1) is 7.85. The Morgan fingerprint density at radius 1 is 1.25 bits per heavy atom. The standard InChI is InChI=1S/C13H15NOS/c1-14-8-12-7-10(3-4-13(12)15-2)11-5-6-16-9-11/h3-7,9,14H,8H2,1-2H3. The van der Waals surface area contributed by atoms with Crippen LogP contribution < -0.4 is 10.1 Å². The van der Waals surface area contributed by atoms with Crippen molar-refractivity contribution in [3.63, 3.8) is 0 Å². The number of rotatable bonds is 4. The first kappa shape index (κ1) is 11.2. The van der Waals surface area contributed by atoms with Crippen LogP contribution in [0.25, 0.3) is 11.1 Å². The minimum atomic E-state index is 0.821. The van der Waals surface area contributed by atoms with Crippen LogP contribution in [0.4, 0.5) is 0 Å². The fraction of sp³-hybridized carbons (Fsp3) is 0.231. The molecule has 0 aliphatic rings. The van der Waals surface area contributed by atoms with Crippen LogP contribution in [0, 0.1) is 0 Å². The Morgan fingerprint density at radius 2 is 2.12 bits per heavy atom. The quantitative estimate of drug-likeness (QED) is 0.876. The minimum absolute atomic E-state index is 0.821. The zero-order chi connectivity index (χ0) is 11.4. The molecule has 0 bridgehead atoms. The molecule has 2 nitrogen and oxygen atoms in total. The Hall–Kier alpha value is -1.32. The van der Waals surface area contributed by atoms with Gasteiger partial charge in [-0.15, -0.1) is 0 Å². The number of hydrogen-bond donors (Lipinski definition) is 1. The van der Waals surface area contributed by atoms with E-state index in [1.165, 1.54) is 16.7 Å². The molecule has 1 heterocycles. The molecule has 0 aliphatic heterocycles. The molecule has 0 amide bonds. The summed E-state index contributed by atoms with van der Waals surface area (Å²) in [4.78, 5) is 0. The monoisotopic (exact) mass is 233 g/mol.